The molecule has 0 spiro atoms. The Kier molecular flexibility index (Phi) is 10.0. The number of halogens is 3. The lowest BCUT2D eigenvalue weighted by molar-refractivity contribution is -0.126. The Morgan fingerprint density at radius 2 is 1.88 bits per heavy atom. The summed E-state index contributed by atoms with van der Waals surface area (Å²) in [6.07, 6.45) is 2.47. The van der Waals surface area contributed by atoms with Crippen LogP contribution in [-0.4, -0.2) is 78.0 Å². The summed E-state index contributed by atoms with van der Waals surface area (Å²) in [6.45, 7) is 14.0. The average Bonchev–Trinajstić information content (AvgIpc) is 3.28. The standard InChI is InChI=1S/C30H38FN5O2.2ClH/c1-19-14-35(29(38)21(19)3)16-25-12-32-20(2)15-34(25)17-28(37)36-18-30(4,5)26-13-33-24(11-27(26)36)10-22-6-8-23(31)9-7-22;;/h6-9,11,13,20,25,32H,10,12,14-18H2,1-5H3;2*1H/t20-,25-;;/m1../s1. The maximum atomic E-state index is 13.8. The normalized spacial score (nSPS) is 22.2. The number of fused-ring (bicyclic) bond motifs is 1. The van der Waals surface area contributed by atoms with Gasteiger partial charge in [-0.1, -0.05) is 26.0 Å². The number of benzene rings is 1. The predicted molar refractivity (Wildman–Crippen MR) is 161 cm³/mol. The molecule has 2 atom stereocenters. The third kappa shape index (κ3) is 6.51. The number of rotatable bonds is 6. The summed E-state index contributed by atoms with van der Waals surface area (Å²) in [5.74, 6) is -0.0951. The van der Waals surface area contributed by atoms with Gasteiger partial charge >= 0.3 is 0 Å². The molecule has 1 fully saturated rings. The first-order chi connectivity index (χ1) is 18.0. The van der Waals surface area contributed by atoms with E-state index in [2.05, 4.69) is 36.0 Å². The summed E-state index contributed by atoms with van der Waals surface area (Å²) >= 11 is 0. The van der Waals surface area contributed by atoms with Crippen LogP contribution < -0.4 is 10.2 Å². The molecule has 1 aromatic carbocycles. The molecule has 0 saturated carbocycles. The molecular formula is C30H40Cl2FN5O2. The Hall–Kier alpha value is -2.52. The molecule has 10 heteroatoms. The molecule has 5 rings (SSSR count). The molecular weight excluding hydrogens is 552 g/mol. The molecule has 0 unspecified atom stereocenters. The molecule has 0 radical (unpaired) electrons. The third-order valence-corrected chi connectivity index (χ3v) is 8.28. The number of carbonyl (C=O) groups excluding carboxylic acids is 2. The minimum absolute atomic E-state index is 0. The molecule has 2 amide bonds. The van der Waals surface area contributed by atoms with Gasteiger partial charge in [-0.2, -0.15) is 0 Å². The van der Waals surface area contributed by atoms with E-state index in [1.54, 1.807) is 12.1 Å². The molecule has 0 bridgehead atoms. The number of amides is 2. The largest absolute Gasteiger partial charge is 0.333 e. The summed E-state index contributed by atoms with van der Waals surface area (Å²) in [4.78, 5) is 37.3. The van der Waals surface area contributed by atoms with Gasteiger partial charge in [-0.05, 0) is 50.1 Å². The number of carbonyl (C=O) groups is 2. The zero-order valence-corrected chi connectivity index (χ0v) is 25.5. The molecule has 40 heavy (non-hydrogen) atoms. The van der Waals surface area contributed by atoms with Gasteiger partial charge in [-0.25, -0.2) is 4.39 Å². The fourth-order valence-corrected chi connectivity index (χ4v) is 5.89. The minimum Gasteiger partial charge on any atom is -0.333 e. The molecule has 3 aliphatic rings. The predicted octanol–water partition coefficient (Wildman–Crippen LogP) is 4.12. The number of hydrogen-bond acceptors (Lipinski definition) is 5. The second-order valence-electron chi connectivity index (χ2n) is 11.8. The van der Waals surface area contributed by atoms with Gasteiger partial charge < -0.3 is 15.1 Å². The van der Waals surface area contributed by atoms with Crippen LogP contribution in [-0.2, 0) is 21.4 Å². The summed E-state index contributed by atoms with van der Waals surface area (Å²) in [5.41, 5.74) is 5.57. The van der Waals surface area contributed by atoms with E-state index in [4.69, 9.17) is 0 Å². The Morgan fingerprint density at radius 1 is 1.18 bits per heavy atom. The molecule has 1 N–H and O–H groups in total. The van der Waals surface area contributed by atoms with E-state index in [-0.39, 0.29) is 59.9 Å². The number of nitrogens with zero attached hydrogens (tertiary/aromatic N) is 4. The van der Waals surface area contributed by atoms with E-state index in [0.717, 1.165) is 46.7 Å². The summed E-state index contributed by atoms with van der Waals surface area (Å²) in [5, 5.41) is 3.53. The zero-order chi connectivity index (χ0) is 27.2. The number of pyridine rings is 1. The van der Waals surface area contributed by atoms with E-state index in [1.807, 2.05) is 35.9 Å². The van der Waals surface area contributed by atoms with Crippen molar-refractivity contribution in [2.24, 2.45) is 0 Å². The van der Waals surface area contributed by atoms with E-state index in [9.17, 15) is 14.0 Å². The monoisotopic (exact) mass is 591 g/mol. The van der Waals surface area contributed by atoms with E-state index < -0.39 is 0 Å². The van der Waals surface area contributed by atoms with Gasteiger partial charge in [0.25, 0.3) is 0 Å². The minimum atomic E-state index is -0.259. The van der Waals surface area contributed by atoms with Crippen molar-refractivity contribution in [2.45, 2.75) is 58.5 Å². The topological polar surface area (TPSA) is 68.8 Å². The smallest absolute Gasteiger partial charge is 0.249 e. The third-order valence-electron chi connectivity index (χ3n) is 8.28. The molecule has 218 valence electrons. The van der Waals surface area contributed by atoms with Crippen LogP contribution in [0.3, 0.4) is 0 Å². The van der Waals surface area contributed by atoms with Crippen LogP contribution in [0, 0.1) is 5.82 Å². The van der Waals surface area contributed by atoms with Crippen LogP contribution in [0.25, 0.3) is 0 Å². The van der Waals surface area contributed by atoms with Gasteiger partial charge in [0.1, 0.15) is 5.82 Å². The molecule has 4 heterocycles. The van der Waals surface area contributed by atoms with Crippen LogP contribution in [0.15, 0.2) is 47.7 Å². The Balaban J connectivity index is 0.00000220. The fraction of sp³-hybridized carbons (Fsp3) is 0.500. The van der Waals surface area contributed by atoms with Gasteiger partial charge in [0, 0.05) is 79.7 Å². The molecule has 1 aromatic heterocycles. The van der Waals surface area contributed by atoms with Crippen molar-refractivity contribution in [1.29, 1.82) is 0 Å². The van der Waals surface area contributed by atoms with E-state index >= 15 is 0 Å². The van der Waals surface area contributed by atoms with Crippen molar-refractivity contribution in [3.63, 3.8) is 0 Å². The zero-order valence-electron chi connectivity index (χ0n) is 23.9. The van der Waals surface area contributed by atoms with Crippen molar-refractivity contribution in [2.75, 3.05) is 44.2 Å². The fourth-order valence-electron chi connectivity index (χ4n) is 5.89. The second-order valence-corrected chi connectivity index (χ2v) is 11.8. The quantitative estimate of drug-likeness (QED) is 0.547. The first kappa shape index (κ1) is 32.0. The molecule has 2 aromatic rings. The average molecular weight is 593 g/mol. The van der Waals surface area contributed by atoms with Crippen molar-refractivity contribution in [1.82, 2.24) is 20.1 Å². The highest BCUT2D eigenvalue weighted by Crippen LogP contribution is 2.40. The Bertz CT molecular complexity index is 1280. The van der Waals surface area contributed by atoms with E-state index in [1.165, 1.54) is 12.1 Å². The van der Waals surface area contributed by atoms with Gasteiger partial charge in [0.15, 0.2) is 0 Å². The first-order valence-electron chi connectivity index (χ1n) is 13.5. The van der Waals surface area contributed by atoms with Gasteiger partial charge in [-0.3, -0.25) is 19.5 Å². The highest BCUT2D eigenvalue weighted by Gasteiger charge is 2.40. The lowest BCUT2D eigenvalue weighted by Crippen LogP contribution is -2.61. The Morgan fingerprint density at radius 3 is 2.52 bits per heavy atom. The van der Waals surface area contributed by atoms with Crippen LogP contribution >= 0.6 is 24.8 Å². The number of aromatic nitrogens is 1. The van der Waals surface area contributed by atoms with Crippen LogP contribution in [0.1, 0.15) is 51.4 Å². The molecule has 7 nitrogen and oxygen atoms in total. The first-order valence-corrected chi connectivity index (χ1v) is 13.5. The van der Waals surface area contributed by atoms with Crippen molar-refractivity contribution < 1.29 is 14.0 Å². The molecule has 0 aliphatic carbocycles. The number of anilines is 1. The van der Waals surface area contributed by atoms with Crippen LogP contribution in [0.4, 0.5) is 10.1 Å². The highest BCUT2D eigenvalue weighted by atomic mass is 35.5. The maximum Gasteiger partial charge on any atom is 0.249 e. The van der Waals surface area contributed by atoms with Crippen LogP contribution in [0.2, 0.25) is 0 Å². The summed E-state index contributed by atoms with van der Waals surface area (Å²) in [7, 11) is 0. The van der Waals surface area contributed by atoms with Crippen molar-refractivity contribution in [3.8, 4) is 0 Å². The number of piperazine rings is 1. The molecule has 1 saturated heterocycles. The van der Waals surface area contributed by atoms with Gasteiger partial charge in [0.2, 0.25) is 11.8 Å². The number of hydrogen-bond donors (Lipinski definition) is 1. The molecule has 3 aliphatic heterocycles. The second kappa shape index (κ2) is 12.6. The Labute approximate surface area is 249 Å². The lowest BCUT2D eigenvalue weighted by atomic mass is 9.88. The van der Waals surface area contributed by atoms with Crippen LogP contribution in [0.5, 0.6) is 0 Å². The maximum absolute atomic E-state index is 13.8. The highest BCUT2D eigenvalue weighted by molar-refractivity contribution is 5.98. The van der Waals surface area contributed by atoms with Crippen molar-refractivity contribution in [3.05, 3.63) is 70.3 Å². The number of nitrogens with one attached hydrogen (secondary N) is 1. The lowest BCUT2D eigenvalue weighted by Gasteiger charge is -2.41. The van der Waals surface area contributed by atoms with E-state index in [0.29, 0.717) is 32.6 Å². The van der Waals surface area contributed by atoms with Gasteiger partial charge in [0.05, 0.1) is 12.2 Å². The van der Waals surface area contributed by atoms with Crippen molar-refractivity contribution >= 4 is 42.3 Å². The van der Waals surface area contributed by atoms with Gasteiger partial charge in [-0.15, -0.1) is 24.8 Å². The SMILES string of the molecule is CC1=C(C)C(=O)N(C[C@H]2CN[C@H](C)CN2CC(=O)N2CC(C)(C)c3cnc(Cc4ccc(F)cc4)cc32)C1.Cl.Cl. The summed E-state index contributed by atoms with van der Waals surface area (Å²) in [6, 6.07) is 8.81. The summed E-state index contributed by atoms with van der Waals surface area (Å²) < 4.78 is 13.4.